The normalized spacial score (nSPS) is 32.4. The Morgan fingerprint density at radius 3 is 2.47 bits per heavy atom. The van der Waals surface area contributed by atoms with Crippen molar-refractivity contribution in [2.24, 2.45) is 5.41 Å². The van der Waals surface area contributed by atoms with Crippen LogP contribution in [-0.4, -0.2) is 23.2 Å². The number of hydrogen-bond acceptors (Lipinski definition) is 2. The summed E-state index contributed by atoms with van der Waals surface area (Å²) >= 11 is 0. The molecule has 0 aromatic heterocycles. The second kappa shape index (κ2) is 5.38. The molecule has 3 heteroatoms. The average Bonchev–Trinajstić information content (AvgIpc) is 2.82. The number of rotatable bonds is 3. The van der Waals surface area contributed by atoms with Gasteiger partial charge in [0.25, 0.3) is 0 Å². The molecule has 2 saturated carbocycles. The third-order valence-corrected chi connectivity index (χ3v) is 4.77. The van der Waals surface area contributed by atoms with Gasteiger partial charge in [0, 0.05) is 5.41 Å². The zero-order valence-corrected chi connectivity index (χ0v) is 10.9. The van der Waals surface area contributed by atoms with Crippen LogP contribution in [0.25, 0.3) is 0 Å². The molecule has 2 aliphatic carbocycles. The Bertz CT molecular complexity index is 271. The van der Waals surface area contributed by atoms with Gasteiger partial charge in [0.05, 0.1) is 12.1 Å². The molecule has 0 radical (unpaired) electrons. The van der Waals surface area contributed by atoms with Crippen molar-refractivity contribution in [2.75, 3.05) is 0 Å². The molecule has 0 aromatic carbocycles. The van der Waals surface area contributed by atoms with E-state index in [1.807, 2.05) is 0 Å². The highest BCUT2D eigenvalue weighted by atomic mass is 16.3. The van der Waals surface area contributed by atoms with Crippen LogP contribution < -0.4 is 5.32 Å². The van der Waals surface area contributed by atoms with Crippen LogP contribution in [0.4, 0.5) is 0 Å². The lowest BCUT2D eigenvalue weighted by Gasteiger charge is -2.33. The van der Waals surface area contributed by atoms with Gasteiger partial charge in [0.15, 0.2) is 0 Å². The molecule has 2 rings (SSSR count). The van der Waals surface area contributed by atoms with Gasteiger partial charge in [-0.15, -0.1) is 0 Å². The predicted octanol–water partition coefficient (Wildman–Crippen LogP) is 2.38. The summed E-state index contributed by atoms with van der Waals surface area (Å²) in [6, 6.07) is 0.000255. The summed E-state index contributed by atoms with van der Waals surface area (Å²) in [6.07, 6.45) is 8.99. The van der Waals surface area contributed by atoms with Crippen LogP contribution in [0.2, 0.25) is 0 Å². The second-order valence-electron chi connectivity index (χ2n) is 5.77. The van der Waals surface area contributed by atoms with Gasteiger partial charge in [0.1, 0.15) is 0 Å². The summed E-state index contributed by atoms with van der Waals surface area (Å²) in [5.41, 5.74) is -0.128. The molecule has 0 unspecified atom stereocenters. The Labute approximate surface area is 104 Å². The molecule has 2 fully saturated rings. The Hall–Kier alpha value is -0.570. The quantitative estimate of drug-likeness (QED) is 0.794. The van der Waals surface area contributed by atoms with Gasteiger partial charge in [-0.1, -0.05) is 32.6 Å². The number of carbonyl (C=O) groups excluding carboxylic acids is 1. The molecule has 17 heavy (non-hydrogen) atoms. The van der Waals surface area contributed by atoms with Crippen LogP contribution >= 0.6 is 0 Å². The average molecular weight is 239 g/mol. The molecule has 0 saturated heterocycles. The monoisotopic (exact) mass is 239 g/mol. The Morgan fingerprint density at radius 2 is 1.88 bits per heavy atom. The summed E-state index contributed by atoms with van der Waals surface area (Å²) in [7, 11) is 0. The molecular weight excluding hydrogens is 214 g/mol. The zero-order valence-electron chi connectivity index (χ0n) is 10.9. The first kappa shape index (κ1) is 12.9. The van der Waals surface area contributed by atoms with Gasteiger partial charge in [-0.05, 0) is 32.1 Å². The van der Waals surface area contributed by atoms with E-state index in [1.165, 1.54) is 12.8 Å². The zero-order chi connectivity index (χ0) is 12.3. The highest BCUT2D eigenvalue weighted by Gasteiger charge is 2.40. The largest absolute Gasteiger partial charge is 0.391 e. The molecule has 98 valence electrons. The Balaban J connectivity index is 1.95. The highest BCUT2D eigenvalue weighted by molar-refractivity contribution is 5.83. The minimum absolute atomic E-state index is 0.000255. The number of aliphatic hydroxyl groups is 1. The van der Waals surface area contributed by atoms with E-state index in [0.717, 1.165) is 44.9 Å². The first-order chi connectivity index (χ1) is 8.18. The van der Waals surface area contributed by atoms with Crippen molar-refractivity contribution in [1.82, 2.24) is 5.32 Å². The third kappa shape index (κ3) is 2.65. The first-order valence-electron chi connectivity index (χ1n) is 7.17. The van der Waals surface area contributed by atoms with Crippen molar-refractivity contribution in [3.63, 3.8) is 0 Å². The van der Waals surface area contributed by atoms with Crippen LogP contribution in [0, 0.1) is 5.41 Å². The molecule has 2 N–H and O–H groups in total. The van der Waals surface area contributed by atoms with Crippen molar-refractivity contribution >= 4 is 5.91 Å². The fourth-order valence-corrected chi connectivity index (χ4v) is 3.39. The topological polar surface area (TPSA) is 49.3 Å². The van der Waals surface area contributed by atoms with Gasteiger partial charge in [-0.25, -0.2) is 0 Å². The molecule has 3 nitrogen and oxygen atoms in total. The molecule has 0 bridgehead atoms. The third-order valence-electron chi connectivity index (χ3n) is 4.77. The molecule has 0 heterocycles. The minimum Gasteiger partial charge on any atom is -0.391 e. The van der Waals surface area contributed by atoms with Crippen molar-refractivity contribution in [1.29, 1.82) is 0 Å². The maximum atomic E-state index is 12.4. The molecule has 0 aromatic rings. The van der Waals surface area contributed by atoms with Crippen molar-refractivity contribution in [3.05, 3.63) is 0 Å². The fraction of sp³-hybridized carbons (Fsp3) is 0.929. The lowest BCUT2D eigenvalue weighted by Crippen LogP contribution is -2.50. The maximum absolute atomic E-state index is 12.4. The van der Waals surface area contributed by atoms with Gasteiger partial charge in [-0.3, -0.25) is 4.79 Å². The van der Waals surface area contributed by atoms with Crippen LogP contribution in [0.3, 0.4) is 0 Å². The lowest BCUT2D eigenvalue weighted by atomic mass is 9.81. The first-order valence-corrected chi connectivity index (χ1v) is 7.17. The molecule has 2 atom stereocenters. The number of aliphatic hydroxyl groups excluding tert-OH is 1. The predicted molar refractivity (Wildman–Crippen MR) is 67.6 cm³/mol. The van der Waals surface area contributed by atoms with Crippen molar-refractivity contribution in [3.8, 4) is 0 Å². The van der Waals surface area contributed by atoms with Crippen LogP contribution in [0.1, 0.15) is 64.7 Å². The molecule has 2 aliphatic rings. The second-order valence-corrected chi connectivity index (χ2v) is 5.77. The van der Waals surface area contributed by atoms with Crippen LogP contribution in [0.15, 0.2) is 0 Å². The van der Waals surface area contributed by atoms with Crippen LogP contribution in [0.5, 0.6) is 0 Å². The molecule has 1 amide bonds. The van der Waals surface area contributed by atoms with E-state index >= 15 is 0 Å². The van der Waals surface area contributed by atoms with Crippen molar-refractivity contribution < 1.29 is 9.90 Å². The number of amides is 1. The summed E-state index contributed by atoms with van der Waals surface area (Å²) < 4.78 is 0. The SMILES string of the molecule is CCC1(C(=O)N[C@H]2CCCC[C@@H]2O)CCCC1. The minimum atomic E-state index is -0.331. The smallest absolute Gasteiger partial charge is 0.226 e. The van der Waals surface area contributed by atoms with Crippen molar-refractivity contribution in [2.45, 2.75) is 76.9 Å². The lowest BCUT2D eigenvalue weighted by molar-refractivity contribution is -0.133. The number of nitrogens with one attached hydrogen (secondary N) is 1. The Kier molecular flexibility index (Phi) is 4.08. The summed E-state index contributed by atoms with van der Waals surface area (Å²) in [5.74, 6) is 0.198. The molecule has 0 aliphatic heterocycles. The molecule has 0 spiro atoms. The number of hydrogen-bond donors (Lipinski definition) is 2. The maximum Gasteiger partial charge on any atom is 0.226 e. The van der Waals surface area contributed by atoms with E-state index in [0.29, 0.717) is 0 Å². The summed E-state index contributed by atoms with van der Waals surface area (Å²) in [6.45, 7) is 2.11. The number of carbonyl (C=O) groups is 1. The van der Waals surface area contributed by atoms with Gasteiger partial charge < -0.3 is 10.4 Å². The van der Waals surface area contributed by atoms with Gasteiger partial charge in [0.2, 0.25) is 5.91 Å². The van der Waals surface area contributed by atoms with E-state index in [-0.39, 0.29) is 23.5 Å². The van der Waals surface area contributed by atoms with Gasteiger partial charge in [-0.2, -0.15) is 0 Å². The van der Waals surface area contributed by atoms with E-state index in [1.54, 1.807) is 0 Å². The van der Waals surface area contributed by atoms with Crippen LogP contribution in [-0.2, 0) is 4.79 Å². The van der Waals surface area contributed by atoms with E-state index in [4.69, 9.17) is 0 Å². The fourth-order valence-electron chi connectivity index (χ4n) is 3.39. The van der Waals surface area contributed by atoms with Gasteiger partial charge >= 0.3 is 0 Å². The Morgan fingerprint density at radius 1 is 1.24 bits per heavy atom. The van der Waals surface area contributed by atoms with E-state index in [2.05, 4.69) is 12.2 Å². The van der Waals surface area contributed by atoms with E-state index < -0.39 is 0 Å². The summed E-state index contributed by atoms with van der Waals surface area (Å²) in [4.78, 5) is 12.4. The van der Waals surface area contributed by atoms with E-state index in [9.17, 15) is 9.90 Å². The summed E-state index contributed by atoms with van der Waals surface area (Å²) in [5, 5.41) is 13.0. The molecular formula is C14H25NO2. The standard InChI is InChI=1S/C14H25NO2/c1-2-14(9-5-6-10-14)13(17)15-11-7-3-4-8-12(11)16/h11-12,16H,2-10H2,1H3,(H,15,17)/t11-,12-/m0/s1. The highest BCUT2D eigenvalue weighted by Crippen LogP contribution is 2.41.